The standard InChI is InChI=1S/C27H36BrN3O4S/c1-19-13-14-25(20(2)15-19)31(36(4,34)35)18-26(32)30(17-22-9-8-10-23(28)16-22)21(3)27(33)29-24-11-6-5-7-12-24/h8-10,13-16,21,24H,5-7,11-12,17-18H2,1-4H3,(H,29,33)/t21-/m1/s1. The summed E-state index contributed by atoms with van der Waals surface area (Å²) in [6, 6.07) is 12.3. The van der Waals surface area contributed by atoms with Crippen LogP contribution in [-0.4, -0.2) is 50.0 Å². The maximum absolute atomic E-state index is 13.7. The topological polar surface area (TPSA) is 86.8 Å². The molecule has 0 bridgehead atoms. The molecule has 3 rings (SSSR count). The molecular weight excluding hydrogens is 542 g/mol. The monoisotopic (exact) mass is 577 g/mol. The molecule has 2 aromatic rings. The predicted octanol–water partition coefficient (Wildman–Crippen LogP) is 4.70. The maximum atomic E-state index is 13.7. The number of carbonyl (C=O) groups is 2. The summed E-state index contributed by atoms with van der Waals surface area (Å²) in [5.41, 5.74) is 3.06. The summed E-state index contributed by atoms with van der Waals surface area (Å²) >= 11 is 3.46. The average molecular weight is 579 g/mol. The molecule has 0 aromatic heterocycles. The van der Waals surface area contributed by atoms with Crippen LogP contribution >= 0.6 is 15.9 Å². The highest BCUT2D eigenvalue weighted by atomic mass is 79.9. The molecular formula is C27H36BrN3O4S. The van der Waals surface area contributed by atoms with Crippen LogP contribution in [0.15, 0.2) is 46.9 Å². The van der Waals surface area contributed by atoms with E-state index in [0.717, 1.165) is 57.4 Å². The molecule has 36 heavy (non-hydrogen) atoms. The lowest BCUT2D eigenvalue weighted by Gasteiger charge is -2.33. The molecule has 1 saturated carbocycles. The summed E-state index contributed by atoms with van der Waals surface area (Å²) in [6.45, 7) is 5.25. The molecule has 2 aromatic carbocycles. The molecule has 0 heterocycles. The number of benzene rings is 2. The Kier molecular flexibility index (Phi) is 9.58. The lowest BCUT2D eigenvalue weighted by Crippen LogP contribution is -2.53. The van der Waals surface area contributed by atoms with Crippen molar-refractivity contribution in [1.82, 2.24) is 10.2 Å². The van der Waals surface area contributed by atoms with Crippen LogP contribution in [-0.2, 0) is 26.2 Å². The minimum atomic E-state index is -3.75. The number of hydrogen-bond donors (Lipinski definition) is 1. The zero-order valence-corrected chi connectivity index (χ0v) is 23.9. The zero-order valence-electron chi connectivity index (χ0n) is 21.5. The van der Waals surface area contributed by atoms with Gasteiger partial charge in [-0.1, -0.05) is 65.0 Å². The van der Waals surface area contributed by atoms with E-state index in [1.807, 2.05) is 50.2 Å². The first-order valence-corrected chi connectivity index (χ1v) is 15.0. The summed E-state index contributed by atoms with van der Waals surface area (Å²) in [6.07, 6.45) is 6.31. The van der Waals surface area contributed by atoms with Crippen molar-refractivity contribution < 1.29 is 18.0 Å². The average Bonchev–Trinajstić information content (AvgIpc) is 2.81. The maximum Gasteiger partial charge on any atom is 0.244 e. The van der Waals surface area contributed by atoms with Crippen molar-refractivity contribution in [1.29, 1.82) is 0 Å². The lowest BCUT2D eigenvalue weighted by molar-refractivity contribution is -0.139. The van der Waals surface area contributed by atoms with Gasteiger partial charge >= 0.3 is 0 Å². The van der Waals surface area contributed by atoms with Crippen LogP contribution in [0, 0.1) is 13.8 Å². The molecule has 1 aliphatic rings. The number of rotatable bonds is 9. The van der Waals surface area contributed by atoms with Gasteiger partial charge in [-0.25, -0.2) is 8.42 Å². The van der Waals surface area contributed by atoms with Gasteiger partial charge in [-0.2, -0.15) is 0 Å². The Morgan fingerprint density at radius 1 is 1.08 bits per heavy atom. The third-order valence-electron chi connectivity index (χ3n) is 6.66. The van der Waals surface area contributed by atoms with E-state index in [0.29, 0.717) is 5.69 Å². The highest BCUT2D eigenvalue weighted by Gasteiger charge is 2.31. The summed E-state index contributed by atoms with van der Waals surface area (Å²) in [4.78, 5) is 28.4. The predicted molar refractivity (Wildman–Crippen MR) is 147 cm³/mol. The number of nitrogens with one attached hydrogen (secondary N) is 1. The fraction of sp³-hybridized carbons (Fsp3) is 0.481. The van der Waals surface area contributed by atoms with Gasteiger partial charge in [0.05, 0.1) is 11.9 Å². The number of carbonyl (C=O) groups excluding carboxylic acids is 2. The van der Waals surface area contributed by atoms with Crippen LogP contribution in [0.4, 0.5) is 5.69 Å². The van der Waals surface area contributed by atoms with Crippen molar-refractivity contribution in [3.05, 3.63) is 63.6 Å². The molecule has 1 N–H and O–H groups in total. The SMILES string of the molecule is Cc1ccc(N(CC(=O)N(Cc2cccc(Br)c2)[C@H](C)C(=O)NC2CCCCC2)S(C)(=O)=O)c(C)c1. The second-order valence-corrected chi connectivity index (χ2v) is 12.6. The van der Waals surface area contributed by atoms with E-state index in [9.17, 15) is 18.0 Å². The first-order valence-electron chi connectivity index (χ1n) is 12.3. The Bertz CT molecular complexity index is 1200. The summed E-state index contributed by atoms with van der Waals surface area (Å²) in [5.74, 6) is -0.658. The summed E-state index contributed by atoms with van der Waals surface area (Å²) < 4.78 is 27.5. The molecule has 0 saturated heterocycles. The smallest absolute Gasteiger partial charge is 0.244 e. The fourth-order valence-corrected chi connectivity index (χ4v) is 6.02. The van der Waals surface area contributed by atoms with Gasteiger partial charge in [0.15, 0.2) is 0 Å². The van der Waals surface area contributed by atoms with Crippen molar-refractivity contribution in [3.63, 3.8) is 0 Å². The highest BCUT2D eigenvalue weighted by molar-refractivity contribution is 9.10. The van der Waals surface area contributed by atoms with Crippen LogP contribution in [0.2, 0.25) is 0 Å². The molecule has 196 valence electrons. The Labute approximate surface area is 223 Å². The van der Waals surface area contributed by atoms with E-state index >= 15 is 0 Å². The summed E-state index contributed by atoms with van der Waals surface area (Å²) in [5, 5.41) is 3.11. The van der Waals surface area contributed by atoms with Gasteiger partial charge in [0.2, 0.25) is 21.8 Å². The van der Waals surface area contributed by atoms with Gasteiger partial charge in [0.25, 0.3) is 0 Å². The third kappa shape index (κ3) is 7.56. The van der Waals surface area contributed by atoms with Gasteiger partial charge in [0, 0.05) is 17.1 Å². The fourth-order valence-electron chi connectivity index (χ4n) is 4.66. The minimum Gasteiger partial charge on any atom is -0.352 e. The first kappa shape index (κ1) is 28.2. The van der Waals surface area contributed by atoms with Crippen LogP contribution in [0.3, 0.4) is 0 Å². The van der Waals surface area contributed by atoms with Gasteiger partial charge in [-0.05, 0) is 62.9 Å². The molecule has 0 radical (unpaired) electrons. The molecule has 9 heteroatoms. The second kappa shape index (κ2) is 12.2. The summed E-state index contributed by atoms with van der Waals surface area (Å²) in [7, 11) is -3.75. The van der Waals surface area contributed by atoms with Crippen LogP contribution in [0.1, 0.15) is 55.7 Å². The Morgan fingerprint density at radius 2 is 1.78 bits per heavy atom. The normalized spacial score (nSPS) is 15.2. The number of halogens is 1. The molecule has 1 atom stereocenters. The van der Waals surface area contributed by atoms with Crippen molar-refractivity contribution in [2.75, 3.05) is 17.1 Å². The van der Waals surface area contributed by atoms with Crippen molar-refractivity contribution >= 4 is 43.5 Å². The number of sulfonamides is 1. The van der Waals surface area contributed by atoms with Gasteiger partial charge in [-0.3, -0.25) is 13.9 Å². The highest BCUT2D eigenvalue weighted by Crippen LogP contribution is 2.25. The molecule has 1 aliphatic carbocycles. The zero-order chi connectivity index (χ0) is 26.5. The van der Waals surface area contributed by atoms with Gasteiger partial charge in [-0.15, -0.1) is 0 Å². The van der Waals surface area contributed by atoms with E-state index in [-0.39, 0.29) is 18.5 Å². The minimum absolute atomic E-state index is 0.110. The number of nitrogens with zero attached hydrogens (tertiary/aromatic N) is 2. The van der Waals surface area contributed by atoms with Crippen molar-refractivity contribution in [3.8, 4) is 0 Å². The van der Waals surface area contributed by atoms with Crippen LogP contribution in [0.25, 0.3) is 0 Å². The Morgan fingerprint density at radius 3 is 2.39 bits per heavy atom. The van der Waals surface area contributed by atoms with E-state index < -0.39 is 28.5 Å². The molecule has 0 spiro atoms. The van der Waals surface area contributed by atoms with E-state index in [1.54, 1.807) is 13.0 Å². The second-order valence-electron chi connectivity index (χ2n) is 9.73. The van der Waals surface area contributed by atoms with E-state index in [4.69, 9.17) is 0 Å². The van der Waals surface area contributed by atoms with E-state index in [2.05, 4.69) is 21.2 Å². The number of hydrogen-bond acceptors (Lipinski definition) is 4. The number of aryl methyl sites for hydroxylation is 2. The van der Waals surface area contributed by atoms with Crippen LogP contribution < -0.4 is 9.62 Å². The van der Waals surface area contributed by atoms with E-state index in [1.165, 1.54) is 11.3 Å². The van der Waals surface area contributed by atoms with Gasteiger partial charge in [0.1, 0.15) is 12.6 Å². The number of anilines is 1. The molecule has 0 unspecified atom stereocenters. The first-order chi connectivity index (χ1) is 17.0. The quantitative estimate of drug-likeness (QED) is 0.468. The van der Waals surface area contributed by atoms with Crippen molar-refractivity contribution in [2.24, 2.45) is 0 Å². The Balaban J connectivity index is 1.89. The molecule has 7 nitrogen and oxygen atoms in total. The van der Waals surface area contributed by atoms with Crippen LogP contribution in [0.5, 0.6) is 0 Å². The Hall–Kier alpha value is -2.39. The molecule has 1 fully saturated rings. The molecule has 0 aliphatic heterocycles. The molecule has 2 amide bonds. The number of amides is 2. The third-order valence-corrected chi connectivity index (χ3v) is 8.28. The van der Waals surface area contributed by atoms with Gasteiger partial charge < -0.3 is 10.2 Å². The van der Waals surface area contributed by atoms with Crippen molar-refractivity contribution in [2.45, 2.75) is 71.5 Å². The largest absolute Gasteiger partial charge is 0.352 e. The lowest BCUT2D eigenvalue weighted by atomic mass is 9.95.